The second kappa shape index (κ2) is 15.1. The van der Waals surface area contributed by atoms with Crippen LogP contribution >= 0.6 is 0 Å². The van der Waals surface area contributed by atoms with Crippen molar-refractivity contribution >= 4 is 5.69 Å². The zero-order chi connectivity index (χ0) is 35.0. The average Bonchev–Trinajstić information content (AvgIpc) is 3.95. The molecule has 0 bridgehead atoms. The summed E-state index contributed by atoms with van der Waals surface area (Å²) in [7, 11) is 2.25. The number of hydrogen-bond donors (Lipinski definition) is 0. The van der Waals surface area contributed by atoms with Crippen LogP contribution in [0.2, 0.25) is 0 Å². The van der Waals surface area contributed by atoms with Gasteiger partial charge in [-0.15, -0.1) is 0 Å². The fourth-order valence-corrected chi connectivity index (χ4v) is 7.68. The second-order valence-electron chi connectivity index (χ2n) is 15.4. The fraction of sp³-hybridized carbons (Fsp3) is 0.561. The molecule has 7 unspecified atom stereocenters. The van der Waals surface area contributed by atoms with Gasteiger partial charge in [0.15, 0.2) is 11.4 Å². The molecule has 7 aliphatic rings. The lowest BCUT2D eigenvalue weighted by atomic mass is 9.86. The molecule has 7 fully saturated rings. The van der Waals surface area contributed by atoms with E-state index in [-0.39, 0.29) is 30.5 Å². The molecule has 10 rings (SSSR count). The maximum absolute atomic E-state index is 5.99. The molecule has 11 nitrogen and oxygen atoms in total. The molecule has 3 aromatic carbocycles. The van der Waals surface area contributed by atoms with Crippen LogP contribution in [0.1, 0.15) is 11.1 Å². The summed E-state index contributed by atoms with van der Waals surface area (Å²) in [6.45, 7) is 12.0. The molecule has 7 saturated heterocycles. The Bertz CT molecular complexity index is 1490. The van der Waals surface area contributed by atoms with Crippen LogP contribution in [0.5, 0.6) is 5.75 Å². The van der Waals surface area contributed by atoms with E-state index >= 15 is 0 Å². The number of hydrogen-bond acceptors (Lipinski definition) is 10. The Morgan fingerprint density at radius 1 is 0.519 bits per heavy atom. The molecule has 0 radical (unpaired) electrons. The molecule has 0 N–H and O–H groups in total. The Balaban J connectivity index is 0.000000149. The smallest absolute Gasteiger partial charge is 0.180 e. The minimum absolute atomic E-state index is 0.273. The van der Waals surface area contributed by atoms with E-state index in [2.05, 4.69) is 95.7 Å². The highest BCUT2D eigenvalue weighted by atomic mass is 16.6. The number of epoxide rings is 7. The number of benzene rings is 3. The summed E-state index contributed by atoms with van der Waals surface area (Å²) in [6.07, 6.45) is 2.13. The second-order valence-corrected chi connectivity index (χ2v) is 15.4. The van der Waals surface area contributed by atoms with Gasteiger partial charge >= 0.3 is 0 Å². The Morgan fingerprint density at radius 2 is 0.885 bits per heavy atom. The van der Waals surface area contributed by atoms with E-state index in [1.54, 1.807) is 0 Å². The van der Waals surface area contributed by atoms with Crippen LogP contribution in [-0.2, 0) is 38.8 Å². The molecule has 7 atom stereocenters. The van der Waals surface area contributed by atoms with E-state index in [1.807, 2.05) is 6.07 Å². The number of nitrogens with zero attached hydrogens (tertiary/aromatic N) is 3. The van der Waals surface area contributed by atoms with Crippen molar-refractivity contribution in [2.45, 2.75) is 48.4 Å². The van der Waals surface area contributed by atoms with Gasteiger partial charge in [0.05, 0.1) is 77.7 Å². The highest BCUT2D eigenvalue weighted by molar-refractivity contribution is 5.55. The Morgan fingerprint density at radius 3 is 1.27 bits per heavy atom. The minimum Gasteiger partial charge on any atom is -0.485 e. The molecule has 0 spiro atoms. The Kier molecular flexibility index (Phi) is 10.1. The van der Waals surface area contributed by atoms with Gasteiger partial charge in [-0.25, -0.2) is 0 Å². The molecule has 0 saturated carbocycles. The van der Waals surface area contributed by atoms with Crippen molar-refractivity contribution in [3.8, 4) is 5.75 Å². The lowest BCUT2D eigenvalue weighted by Crippen LogP contribution is -2.62. The van der Waals surface area contributed by atoms with E-state index in [4.69, 9.17) is 37.9 Å². The summed E-state index contributed by atoms with van der Waals surface area (Å²) in [5.41, 5.74) is 3.30. The first-order chi connectivity index (χ1) is 25.5. The summed E-state index contributed by atoms with van der Waals surface area (Å²) in [5, 5.41) is 0. The number of ether oxygens (including phenoxy) is 8. The SMILES string of the molecule is C[N+](CC1CO1)(CC1CO1)c1ccccc1OCC1CO1.c1ccc(C(c2ccccc2)(N(CC2CO2)CC2CO2)N(CC2CO2)CC2CO2)cc1. The number of likely N-dealkylation sites (N-methyl/N-ethyl adjacent to an activating group) is 1. The standard InChI is InChI=1S/C25H30N2O4.C16H22NO4/c1-3-7-19(8-4-1)25(20-9-5-2-6-10-20,26(11-21-15-28-21)12-22-16-29-22)27(13-23-17-30-23)14-24-18-31-24;1-17(6-12-8-18-12,7-13-9-19-13)15-4-2-3-5-16(15)21-11-14-10-20-14/h1-10,21-24H,11-18H2;2-5,12-14H,6-11H2,1H3/q;+1. The van der Waals surface area contributed by atoms with Crippen molar-refractivity contribution < 1.29 is 37.9 Å². The predicted molar refractivity (Wildman–Crippen MR) is 194 cm³/mol. The van der Waals surface area contributed by atoms with Crippen molar-refractivity contribution in [2.24, 2.45) is 0 Å². The van der Waals surface area contributed by atoms with E-state index in [1.165, 1.54) is 16.8 Å². The van der Waals surface area contributed by atoms with Crippen molar-refractivity contribution in [1.82, 2.24) is 14.3 Å². The Hall–Kier alpha value is -2.94. The molecule has 7 aliphatic heterocycles. The van der Waals surface area contributed by atoms with Gasteiger partial charge in [0, 0.05) is 32.2 Å². The normalized spacial score (nSPS) is 30.2. The largest absolute Gasteiger partial charge is 0.485 e. The maximum atomic E-state index is 5.99. The molecule has 52 heavy (non-hydrogen) atoms. The van der Waals surface area contributed by atoms with Crippen molar-refractivity contribution in [1.29, 1.82) is 0 Å². The molecule has 7 heterocycles. The number of para-hydroxylation sites is 2. The first-order valence-electron chi connectivity index (χ1n) is 19.0. The van der Waals surface area contributed by atoms with Gasteiger partial charge in [0.25, 0.3) is 0 Å². The topological polar surface area (TPSA) is 103 Å². The van der Waals surface area contributed by atoms with Crippen LogP contribution in [0.3, 0.4) is 0 Å². The van der Waals surface area contributed by atoms with Gasteiger partial charge in [-0.1, -0.05) is 72.8 Å². The van der Waals surface area contributed by atoms with Gasteiger partial charge in [-0.05, 0) is 17.2 Å². The Labute approximate surface area is 306 Å². The van der Waals surface area contributed by atoms with Crippen LogP contribution in [0.15, 0.2) is 84.9 Å². The molecule has 0 aliphatic carbocycles. The van der Waals surface area contributed by atoms with Crippen LogP contribution in [0, 0.1) is 0 Å². The van der Waals surface area contributed by atoms with Gasteiger partial charge in [-0.2, -0.15) is 0 Å². The van der Waals surface area contributed by atoms with Crippen LogP contribution in [-0.4, -0.2) is 152 Å². The summed E-state index contributed by atoms with van der Waals surface area (Å²) >= 11 is 0. The van der Waals surface area contributed by atoms with E-state index < -0.39 is 5.66 Å². The van der Waals surface area contributed by atoms with Crippen LogP contribution in [0.4, 0.5) is 5.69 Å². The third-order valence-electron chi connectivity index (χ3n) is 10.9. The van der Waals surface area contributed by atoms with Gasteiger partial charge < -0.3 is 37.9 Å². The van der Waals surface area contributed by atoms with E-state index in [0.717, 1.165) is 95.7 Å². The highest BCUT2D eigenvalue weighted by Gasteiger charge is 2.51. The predicted octanol–water partition coefficient (Wildman–Crippen LogP) is 3.29. The van der Waals surface area contributed by atoms with E-state index in [9.17, 15) is 0 Å². The zero-order valence-corrected chi connectivity index (χ0v) is 30.1. The average molecular weight is 715 g/mol. The lowest BCUT2D eigenvalue weighted by Gasteiger charge is -2.51. The van der Waals surface area contributed by atoms with E-state index in [0.29, 0.717) is 18.8 Å². The minimum atomic E-state index is -0.446. The summed E-state index contributed by atoms with van der Waals surface area (Å²) < 4.78 is 45.8. The van der Waals surface area contributed by atoms with Crippen LogP contribution < -0.4 is 9.22 Å². The summed E-state index contributed by atoms with van der Waals surface area (Å²) in [4.78, 5) is 5.19. The monoisotopic (exact) mass is 714 g/mol. The van der Waals surface area contributed by atoms with Crippen molar-refractivity contribution in [3.05, 3.63) is 96.1 Å². The quantitative estimate of drug-likeness (QED) is 0.0985. The van der Waals surface area contributed by atoms with Gasteiger partial charge in [0.2, 0.25) is 0 Å². The summed E-state index contributed by atoms with van der Waals surface area (Å²) in [6, 6.07) is 30.1. The number of quaternary nitrogens is 1. The lowest BCUT2D eigenvalue weighted by molar-refractivity contribution is -0.0467. The van der Waals surface area contributed by atoms with Gasteiger partial charge in [0.1, 0.15) is 43.7 Å². The fourth-order valence-electron chi connectivity index (χ4n) is 7.68. The zero-order valence-electron chi connectivity index (χ0n) is 30.1. The summed E-state index contributed by atoms with van der Waals surface area (Å²) in [5.74, 6) is 0.955. The maximum Gasteiger partial charge on any atom is 0.180 e. The van der Waals surface area contributed by atoms with Crippen molar-refractivity contribution in [2.75, 3.05) is 99.2 Å². The highest BCUT2D eigenvalue weighted by Crippen LogP contribution is 2.43. The van der Waals surface area contributed by atoms with Crippen molar-refractivity contribution in [3.63, 3.8) is 0 Å². The molecule has 11 heteroatoms. The molecular formula is C41H52N3O8+. The first-order valence-corrected chi connectivity index (χ1v) is 19.0. The first kappa shape index (κ1) is 34.8. The molecular weight excluding hydrogens is 662 g/mol. The molecule has 0 aromatic heterocycles. The molecule has 0 amide bonds. The molecule has 3 aromatic rings. The number of rotatable bonds is 20. The van der Waals surface area contributed by atoms with Gasteiger partial charge in [-0.3, -0.25) is 14.3 Å². The third kappa shape index (κ3) is 8.88. The third-order valence-corrected chi connectivity index (χ3v) is 10.9. The molecule has 278 valence electrons. The van der Waals surface area contributed by atoms with Crippen LogP contribution in [0.25, 0.3) is 0 Å².